The largest absolute Gasteiger partial charge is 0.490 e. The molecule has 1 N–H and O–H groups in total. The molecule has 0 aromatic heterocycles. The molecule has 0 saturated carbocycles. The van der Waals surface area contributed by atoms with Gasteiger partial charge in [0.05, 0.1) is 6.61 Å². The fourth-order valence-electron chi connectivity index (χ4n) is 2.22. The van der Waals surface area contributed by atoms with Crippen molar-refractivity contribution in [2.24, 2.45) is 0 Å². The molecule has 2 aromatic carbocycles. The Hall–Kier alpha value is -2.00. The highest BCUT2D eigenvalue weighted by molar-refractivity contribution is 5.43. The summed E-state index contributed by atoms with van der Waals surface area (Å²) in [4.78, 5) is 0. The van der Waals surface area contributed by atoms with Gasteiger partial charge in [-0.2, -0.15) is 0 Å². The minimum atomic E-state index is 0.513. The molecule has 3 heteroatoms. The zero-order valence-corrected chi connectivity index (χ0v) is 14.3. The van der Waals surface area contributed by atoms with Crippen molar-refractivity contribution in [1.82, 2.24) is 5.32 Å². The molecule has 1 atom stereocenters. The Morgan fingerprint density at radius 1 is 0.913 bits per heavy atom. The average Bonchev–Trinajstić information content (AvgIpc) is 2.60. The molecule has 0 unspecified atom stereocenters. The van der Waals surface area contributed by atoms with E-state index < -0.39 is 0 Å². The summed E-state index contributed by atoms with van der Waals surface area (Å²) >= 11 is 0. The minimum absolute atomic E-state index is 0.513. The Kier molecular flexibility index (Phi) is 6.95. The topological polar surface area (TPSA) is 30.5 Å². The van der Waals surface area contributed by atoms with Gasteiger partial charge in [0, 0.05) is 12.6 Å². The summed E-state index contributed by atoms with van der Waals surface area (Å²) in [5.74, 6) is 1.61. The van der Waals surface area contributed by atoms with Crippen molar-refractivity contribution in [2.45, 2.75) is 46.4 Å². The average molecular weight is 313 g/mol. The van der Waals surface area contributed by atoms with Crippen LogP contribution in [0.1, 0.15) is 38.3 Å². The van der Waals surface area contributed by atoms with Crippen molar-refractivity contribution >= 4 is 0 Å². The van der Waals surface area contributed by atoms with Gasteiger partial charge in [-0.15, -0.1) is 0 Å². The lowest BCUT2D eigenvalue weighted by Crippen LogP contribution is -2.24. The number of hydrogen-bond acceptors (Lipinski definition) is 3. The van der Waals surface area contributed by atoms with Crippen LogP contribution in [0.2, 0.25) is 0 Å². The Labute approximate surface area is 139 Å². The highest BCUT2D eigenvalue weighted by atomic mass is 16.5. The predicted molar refractivity (Wildman–Crippen MR) is 95.0 cm³/mol. The zero-order valence-electron chi connectivity index (χ0n) is 14.3. The van der Waals surface area contributed by atoms with Gasteiger partial charge in [0.2, 0.25) is 0 Å². The Balaban J connectivity index is 2.03. The second-order valence-corrected chi connectivity index (χ2v) is 5.68. The van der Waals surface area contributed by atoms with Crippen LogP contribution in [-0.2, 0) is 13.2 Å². The van der Waals surface area contributed by atoms with Crippen LogP contribution in [-0.4, -0.2) is 12.6 Å². The Morgan fingerprint density at radius 3 is 2.39 bits per heavy atom. The van der Waals surface area contributed by atoms with Crippen LogP contribution >= 0.6 is 0 Å². The van der Waals surface area contributed by atoms with Gasteiger partial charge in [0.25, 0.3) is 0 Å². The molecular weight excluding hydrogens is 286 g/mol. The Morgan fingerprint density at radius 2 is 1.70 bits per heavy atom. The van der Waals surface area contributed by atoms with Gasteiger partial charge in [-0.25, -0.2) is 0 Å². The lowest BCUT2D eigenvalue weighted by atomic mass is 10.1. The van der Waals surface area contributed by atoms with Crippen molar-refractivity contribution in [1.29, 1.82) is 0 Å². The summed E-state index contributed by atoms with van der Waals surface area (Å²) in [6.07, 6.45) is 1.12. The second kappa shape index (κ2) is 9.21. The summed E-state index contributed by atoms with van der Waals surface area (Å²) in [5, 5.41) is 3.50. The van der Waals surface area contributed by atoms with E-state index in [9.17, 15) is 0 Å². The number of ether oxygens (including phenoxy) is 2. The normalized spacial score (nSPS) is 12.0. The van der Waals surface area contributed by atoms with Gasteiger partial charge >= 0.3 is 0 Å². The molecule has 0 saturated heterocycles. The monoisotopic (exact) mass is 313 g/mol. The van der Waals surface area contributed by atoms with Crippen LogP contribution in [0.5, 0.6) is 11.5 Å². The van der Waals surface area contributed by atoms with Crippen LogP contribution in [0, 0.1) is 0 Å². The SMILES string of the molecule is CCOc1cc(CN[C@H](C)CC)ccc1OCc1ccccc1. The molecule has 0 amide bonds. The molecule has 3 nitrogen and oxygen atoms in total. The van der Waals surface area contributed by atoms with E-state index >= 15 is 0 Å². The summed E-state index contributed by atoms with van der Waals surface area (Å²) in [6, 6.07) is 16.8. The standard InChI is InChI=1S/C20H27NO2/c1-4-16(3)21-14-18-11-12-19(20(13-18)22-5-2)23-15-17-9-7-6-8-10-17/h6-13,16,21H,4-5,14-15H2,1-3H3/t16-/m1/s1. The molecule has 124 valence electrons. The second-order valence-electron chi connectivity index (χ2n) is 5.68. The number of rotatable bonds is 9. The molecule has 0 radical (unpaired) electrons. The van der Waals surface area contributed by atoms with E-state index in [1.807, 2.05) is 31.2 Å². The third kappa shape index (κ3) is 5.61. The molecule has 0 aliphatic rings. The van der Waals surface area contributed by atoms with Gasteiger partial charge in [0.15, 0.2) is 11.5 Å². The fraction of sp³-hybridized carbons (Fsp3) is 0.400. The third-order valence-electron chi connectivity index (χ3n) is 3.81. The van der Waals surface area contributed by atoms with Crippen molar-refractivity contribution in [3.8, 4) is 11.5 Å². The van der Waals surface area contributed by atoms with Gasteiger partial charge in [-0.1, -0.05) is 43.3 Å². The molecule has 0 heterocycles. The van der Waals surface area contributed by atoms with Gasteiger partial charge in [-0.3, -0.25) is 0 Å². The van der Waals surface area contributed by atoms with E-state index in [-0.39, 0.29) is 0 Å². The molecule has 0 fully saturated rings. The summed E-state index contributed by atoms with van der Waals surface area (Å²) < 4.78 is 11.7. The lowest BCUT2D eigenvalue weighted by Gasteiger charge is -2.15. The van der Waals surface area contributed by atoms with E-state index in [2.05, 4.69) is 43.4 Å². The predicted octanol–water partition coefficient (Wildman–Crippen LogP) is 4.55. The highest BCUT2D eigenvalue weighted by Crippen LogP contribution is 2.29. The molecule has 2 rings (SSSR count). The molecule has 2 aromatic rings. The van der Waals surface area contributed by atoms with Gasteiger partial charge < -0.3 is 14.8 Å². The molecule has 23 heavy (non-hydrogen) atoms. The van der Waals surface area contributed by atoms with E-state index in [0.29, 0.717) is 19.3 Å². The van der Waals surface area contributed by atoms with Crippen molar-refractivity contribution in [3.05, 3.63) is 59.7 Å². The molecular formula is C20H27NO2. The maximum absolute atomic E-state index is 5.93. The van der Waals surface area contributed by atoms with E-state index in [4.69, 9.17) is 9.47 Å². The van der Waals surface area contributed by atoms with Crippen molar-refractivity contribution in [3.63, 3.8) is 0 Å². The molecule has 0 bridgehead atoms. The quantitative estimate of drug-likeness (QED) is 0.736. The first kappa shape index (κ1) is 17.4. The zero-order chi connectivity index (χ0) is 16.5. The number of benzene rings is 2. The van der Waals surface area contributed by atoms with Gasteiger partial charge in [-0.05, 0) is 43.5 Å². The number of hydrogen-bond donors (Lipinski definition) is 1. The highest BCUT2D eigenvalue weighted by Gasteiger charge is 2.08. The van der Waals surface area contributed by atoms with Crippen LogP contribution in [0.25, 0.3) is 0 Å². The Bertz CT molecular complexity index is 583. The molecule has 0 spiro atoms. The fourth-order valence-corrected chi connectivity index (χ4v) is 2.22. The van der Waals surface area contributed by atoms with Crippen LogP contribution in [0.3, 0.4) is 0 Å². The van der Waals surface area contributed by atoms with Crippen LogP contribution < -0.4 is 14.8 Å². The maximum atomic E-state index is 5.93. The number of nitrogens with one attached hydrogen (secondary N) is 1. The molecule has 0 aliphatic heterocycles. The third-order valence-corrected chi connectivity index (χ3v) is 3.81. The first-order chi connectivity index (χ1) is 11.2. The minimum Gasteiger partial charge on any atom is -0.490 e. The lowest BCUT2D eigenvalue weighted by molar-refractivity contribution is 0.269. The van der Waals surface area contributed by atoms with E-state index in [1.54, 1.807) is 0 Å². The summed E-state index contributed by atoms with van der Waals surface area (Å²) in [7, 11) is 0. The first-order valence-electron chi connectivity index (χ1n) is 8.38. The van der Waals surface area contributed by atoms with E-state index in [0.717, 1.165) is 30.0 Å². The smallest absolute Gasteiger partial charge is 0.161 e. The van der Waals surface area contributed by atoms with Crippen molar-refractivity contribution in [2.75, 3.05) is 6.61 Å². The maximum Gasteiger partial charge on any atom is 0.161 e. The van der Waals surface area contributed by atoms with Crippen molar-refractivity contribution < 1.29 is 9.47 Å². The van der Waals surface area contributed by atoms with Crippen LogP contribution in [0.4, 0.5) is 0 Å². The summed E-state index contributed by atoms with van der Waals surface area (Å²) in [6.45, 7) is 8.39. The van der Waals surface area contributed by atoms with Crippen LogP contribution in [0.15, 0.2) is 48.5 Å². The molecule has 0 aliphatic carbocycles. The first-order valence-corrected chi connectivity index (χ1v) is 8.38. The van der Waals surface area contributed by atoms with Gasteiger partial charge in [0.1, 0.15) is 6.61 Å². The van der Waals surface area contributed by atoms with E-state index in [1.165, 1.54) is 5.56 Å². The summed E-state index contributed by atoms with van der Waals surface area (Å²) in [5.41, 5.74) is 2.36.